The number of carbonyl (C=O) groups is 1. The average molecular weight is 158 g/mol. The van der Waals surface area contributed by atoms with Crippen LogP contribution in [0, 0.1) is 5.92 Å². The maximum Gasteiger partial charge on any atom is 0.308 e. The molecule has 0 bridgehead atoms. The number of cyclic esters (lactones) is 1. The van der Waals surface area contributed by atoms with Crippen molar-refractivity contribution in [3.63, 3.8) is 0 Å². The van der Waals surface area contributed by atoms with Crippen LogP contribution in [0.4, 0.5) is 0 Å². The summed E-state index contributed by atoms with van der Waals surface area (Å²) < 4.78 is 10.2. The molecular formula is C8H14O3. The van der Waals surface area contributed by atoms with Gasteiger partial charge in [0.2, 0.25) is 6.29 Å². The Morgan fingerprint density at radius 3 is 2.91 bits per heavy atom. The molecule has 64 valence electrons. The van der Waals surface area contributed by atoms with E-state index in [0.29, 0.717) is 13.0 Å². The molecule has 0 radical (unpaired) electrons. The van der Waals surface area contributed by atoms with E-state index in [1.54, 1.807) is 0 Å². The van der Waals surface area contributed by atoms with Crippen LogP contribution < -0.4 is 0 Å². The molecule has 0 aromatic rings. The predicted octanol–water partition coefficient (Wildman–Crippen LogP) is 1.32. The van der Waals surface area contributed by atoms with Crippen LogP contribution in [0.2, 0.25) is 0 Å². The molecule has 0 aliphatic carbocycles. The normalized spacial score (nSPS) is 30.5. The molecule has 2 unspecified atom stereocenters. The lowest BCUT2D eigenvalue weighted by Gasteiger charge is -2.13. The highest BCUT2D eigenvalue weighted by Crippen LogP contribution is 2.22. The first-order valence-corrected chi connectivity index (χ1v) is 4.05. The van der Waals surface area contributed by atoms with Gasteiger partial charge in [-0.1, -0.05) is 13.8 Å². The van der Waals surface area contributed by atoms with Crippen LogP contribution in [0.5, 0.6) is 0 Å². The lowest BCUT2D eigenvalue weighted by molar-refractivity contribution is -0.166. The van der Waals surface area contributed by atoms with Gasteiger partial charge in [-0.25, -0.2) is 0 Å². The van der Waals surface area contributed by atoms with Crippen molar-refractivity contribution >= 4 is 5.97 Å². The molecular weight excluding hydrogens is 144 g/mol. The maximum atomic E-state index is 10.7. The molecule has 2 atom stereocenters. The monoisotopic (exact) mass is 158 g/mol. The smallest absolute Gasteiger partial charge is 0.308 e. The molecule has 0 N–H and O–H groups in total. The lowest BCUT2D eigenvalue weighted by Crippen LogP contribution is -2.18. The van der Waals surface area contributed by atoms with Gasteiger partial charge in [0.15, 0.2) is 0 Å². The number of carbonyl (C=O) groups excluding carboxylic acids is 1. The van der Waals surface area contributed by atoms with Crippen molar-refractivity contribution in [3.05, 3.63) is 0 Å². The van der Waals surface area contributed by atoms with Crippen LogP contribution in [0.3, 0.4) is 0 Å². The molecule has 1 saturated heterocycles. The standard InChI is InChI=1S/C8H14O3/c1-3-4-10-8-6(2)5-7(9)11-8/h6,8H,3-5H2,1-2H3. The number of rotatable bonds is 3. The second-order valence-corrected chi connectivity index (χ2v) is 2.91. The summed E-state index contributed by atoms with van der Waals surface area (Å²) in [5, 5.41) is 0. The summed E-state index contributed by atoms with van der Waals surface area (Å²) in [7, 11) is 0. The Morgan fingerprint density at radius 2 is 2.45 bits per heavy atom. The zero-order valence-corrected chi connectivity index (χ0v) is 7.00. The van der Waals surface area contributed by atoms with E-state index in [1.807, 2.05) is 13.8 Å². The first-order valence-electron chi connectivity index (χ1n) is 4.05. The Morgan fingerprint density at radius 1 is 1.73 bits per heavy atom. The summed E-state index contributed by atoms with van der Waals surface area (Å²) >= 11 is 0. The largest absolute Gasteiger partial charge is 0.435 e. The van der Waals surface area contributed by atoms with E-state index in [1.165, 1.54) is 0 Å². The van der Waals surface area contributed by atoms with E-state index in [4.69, 9.17) is 9.47 Å². The molecule has 1 fully saturated rings. The predicted molar refractivity (Wildman–Crippen MR) is 39.9 cm³/mol. The molecule has 3 heteroatoms. The minimum absolute atomic E-state index is 0.140. The molecule has 0 aromatic heterocycles. The molecule has 11 heavy (non-hydrogen) atoms. The van der Waals surface area contributed by atoms with Crippen molar-refractivity contribution < 1.29 is 14.3 Å². The van der Waals surface area contributed by atoms with Gasteiger partial charge in [0, 0.05) is 5.92 Å². The average Bonchev–Trinajstić information content (AvgIpc) is 2.26. The van der Waals surface area contributed by atoms with Gasteiger partial charge in [-0.2, -0.15) is 0 Å². The lowest BCUT2D eigenvalue weighted by atomic mass is 10.1. The summed E-state index contributed by atoms with van der Waals surface area (Å²) in [6.07, 6.45) is 1.16. The third-order valence-electron chi connectivity index (χ3n) is 1.69. The highest BCUT2D eigenvalue weighted by molar-refractivity contribution is 5.71. The van der Waals surface area contributed by atoms with E-state index in [0.717, 1.165) is 6.42 Å². The summed E-state index contributed by atoms with van der Waals surface area (Å²) in [6, 6.07) is 0. The van der Waals surface area contributed by atoms with Crippen LogP contribution in [0.1, 0.15) is 26.7 Å². The van der Waals surface area contributed by atoms with E-state index in [2.05, 4.69) is 0 Å². The maximum absolute atomic E-state index is 10.7. The van der Waals surface area contributed by atoms with E-state index < -0.39 is 0 Å². The third kappa shape index (κ3) is 2.19. The Kier molecular flexibility index (Phi) is 2.88. The van der Waals surface area contributed by atoms with Crippen LogP contribution in [-0.4, -0.2) is 18.9 Å². The molecule has 0 aromatic carbocycles. The molecule has 1 rings (SSSR count). The Labute approximate surface area is 66.7 Å². The molecule has 3 nitrogen and oxygen atoms in total. The Bertz CT molecular complexity index is 144. The highest BCUT2D eigenvalue weighted by atomic mass is 16.7. The van der Waals surface area contributed by atoms with Crippen LogP contribution in [-0.2, 0) is 14.3 Å². The fourth-order valence-electron chi connectivity index (χ4n) is 1.09. The number of esters is 1. The number of ether oxygens (including phenoxy) is 2. The van der Waals surface area contributed by atoms with Crippen molar-refractivity contribution in [3.8, 4) is 0 Å². The Hall–Kier alpha value is -0.570. The van der Waals surface area contributed by atoms with Gasteiger partial charge in [0.25, 0.3) is 0 Å². The minimum Gasteiger partial charge on any atom is -0.435 e. The summed E-state index contributed by atoms with van der Waals surface area (Å²) in [5.74, 6) is 0.0765. The van der Waals surface area contributed by atoms with Gasteiger partial charge in [-0.3, -0.25) is 4.79 Å². The fraction of sp³-hybridized carbons (Fsp3) is 0.875. The van der Waals surface area contributed by atoms with Gasteiger partial charge in [0.1, 0.15) is 0 Å². The summed E-state index contributed by atoms with van der Waals surface area (Å²) in [5.41, 5.74) is 0. The van der Waals surface area contributed by atoms with Gasteiger partial charge in [-0.05, 0) is 6.42 Å². The van der Waals surface area contributed by atoms with E-state index in [9.17, 15) is 4.79 Å². The second-order valence-electron chi connectivity index (χ2n) is 2.91. The van der Waals surface area contributed by atoms with Crippen LogP contribution >= 0.6 is 0 Å². The zero-order valence-electron chi connectivity index (χ0n) is 7.00. The zero-order chi connectivity index (χ0) is 8.27. The molecule has 0 saturated carbocycles. The van der Waals surface area contributed by atoms with Crippen molar-refractivity contribution in [2.24, 2.45) is 5.92 Å². The third-order valence-corrected chi connectivity index (χ3v) is 1.69. The summed E-state index contributed by atoms with van der Waals surface area (Å²) in [4.78, 5) is 10.7. The SMILES string of the molecule is CCCOC1OC(=O)CC1C. The molecule has 1 aliphatic rings. The van der Waals surface area contributed by atoms with Crippen molar-refractivity contribution in [1.29, 1.82) is 0 Å². The van der Waals surface area contributed by atoms with Crippen molar-refractivity contribution in [2.75, 3.05) is 6.61 Å². The first-order chi connectivity index (χ1) is 5.24. The first kappa shape index (κ1) is 8.53. The molecule has 1 aliphatic heterocycles. The Balaban J connectivity index is 2.28. The molecule has 1 heterocycles. The van der Waals surface area contributed by atoms with E-state index in [-0.39, 0.29) is 18.2 Å². The molecule has 0 amide bonds. The van der Waals surface area contributed by atoms with Gasteiger partial charge in [-0.15, -0.1) is 0 Å². The van der Waals surface area contributed by atoms with Gasteiger partial charge in [0.05, 0.1) is 13.0 Å². The summed E-state index contributed by atoms with van der Waals surface area (Å²) in [6.45, 7) is 4.66. The van der Waals surface area contributed by atoms with Crippen LogP contribution in [0.25, 0.3) is 0 Å². The van der Waals surface area contributed by atoms with Gasteiger partial charge >= 0.3 is 5.97 Å². The van der Waals surface area contributed by atoms with E-state index >= 15 is 0 Å². The van der Waals surface area contributed by atoms with Crippen molar-refractivity contribution in [2.45, 2.75) is 33.0 Å². The van der Waals surface area contributed by atoms with Crippen molar-refractivity contribution in [1.82, 2.24) is 0 Å². The molecule has 0 spiro atoms. The van der Waals surface area contributed by atoms with Crippen LogP contribution in [0.15, 0.2) is 0 Å². The minimum atomic E-state index is -0.289. The fourth-order valence-corrected chi connectivity index (χ4v) is 1.09. The quantitative estimate of drug-likeness (QED) is 0.581. The topological polar surface area (TPSA) is 35.5 Å². The van der Waals surface area contributed by atoms with Gasteiger partial charge < -0.3 is 9.47 Å². The highest BCUT2D eigenvalue weighted by Gasteiger charge is 2.31. The number of hydrogen-bond acceptors (Lipinski definition) is 3. The second kappa shape index (κ2) is 3.72. The number of hydrogen-bond donors (Lipinski definition) is 0.